The maximum absolute atomic E-state index is 4.53. The topological polar surface area (TPSA) is 25.8 Å². The van der Waals surface area contributed by atoms with E-state index in [1.165, 1.54) is 50.7 Å². The van der Waals surface area contributed by atoms with Crippen LogP contribution in [0.15, 0.2) is 18.2 Å². The van der Waals surface area contributed by atoms with Crippen molar-refractivity contribution in [3.8, 4) is 11.1 Å². The van der Waals surface area contributed by atoms with Gasteiger partial charge in [0.05, 0.1) is 11.7 Å². The number of rotatable bonds is 0. The highest BCUT2D eigenvalue weighted by Gasteiger charge is 2.25. The summed E-state index contributed by atoms with van der Waals surface area (Å²) >= 11 is 1.32. The summed E-state index contributed by atoms with van der Waals surface area (Å²) in [7, 11) is 0. The third kappa shape index (κ3) is 1.36. The van der Waals surface area contributed by atoms with Crippen LogP contribution in [0.3, 0.4) is 0 Å². The average molecular weight is 266 g/mol. The van der Waals surface area contributed by atoms with Crippen LogP contribution in [0, 0.1) is 20.8 Å². The minimum atomic E-state index is 1.03. The molecule has 0 unspecified atom stereocenters. The van der Waals surface area contributed by atoms with Crippen LogP contribution in [0.2, 0.25) is 0 Å². The van der Waals surface area contributed by atoms with Gasteiger partial charge in [0.1, 0.15) is 11.0 Å². The molecule has 0 aliphatic heterocycles. The Hall–Kier alpha value is -1.74. The van der Waals surface area contributed by atoms with Crippen LogP contribution in [0.5, 0.6) is 0 Å². The highest BCUT2D eigenvalue weighted by Crippen LogP contribution is 2.43. The van der Waals surface area contributed by atoms with Crippen molar-refractivity contribution in [3.05, 3.63) is 46.0 Å². The molecule has 4 rings (SSSR count). The van der Waals surface area contributed by atoms with Gasteiger partial charge in [0.15, 0.2) is 0 Å². The van der Waals surface area contributed by atoms with E-state index in [4.69, 9.17) is 0 Å². The van der Waals surface area contributed by atoms with Gasteiger partial charge in [0.25, 0.3) is 0 Å². The zero-order valence-corrected chi connectivity index (χ0v) is 12.1. The summed E-state index contributed by atoms with van der Waals surface area (Å²) in [4.78, 5) is 0. The van der Waals surface area contributed by atoms with E-state index >= 15 is 0 Å². The van der Waals surface area contributed by atoms with Crippen LogP contribution in [0.25, 0.3) is 22.2 Å². The summed E-state index contributed by atoms with van der Waals surface area (Å²) in [6.07, 6.45) is 1.03. The Bertz CT molecular complexity index is 830. The molecule has 1 aliphatic rings. The molecule has 0 spiro atoms. The van der Waals surface area contributed by atoms with Crippen molar-refractivity contribution in [1.82, 2.24) is 8.75 Å². The summed E-state index contributed by atoms with van der Waals surface area (Å²) in [5, 5.41) is 0. The molecule has 0 bridgehead atoms. The van der Waals surface area contributed by atoms with Crippen LogP contribution in [-0.4, -0.2) is 8.75 Å². The molecule has 0 radical (unpaired) electrons. The predicted molar refractivity (Wildman–Crippen MR) is 79.9 cm³/mol. The molecular formula is C16H14N2S. The molecule has 2 nitrogen and oxygen atoms in total. The minimum absolute atomic E-state index is 1.03. The van der Waals surface area contributed by atoms with Crippen LogP contribution in [-0.2, 0) is 6.42 Å². The number of aryl methyl sites for hydroxylation is 2. The van der Waals surface area contributed by atoms with E-state index < -0.39 is 0 Å². The molecule has 3 heteroatoms. The lowest BCUT2D eigenvalue weighted by molar-refractivity contribution is 1.19. The van der Waals surface area contributed by atoms with Gasteiger partial charge in [-0.25, -0.2) is 0 Å². The van der Waals surface area contributed by atoms with Crippen LogP contribution in [0.1, 0.15) is 27.8 Å². The average Bonchev–Trinajstić information content (AvgIpc) is 2.97. The normalized spacial score (nSPS) is 12.8. The summed E-state index contributed by atoms with van der Waals surface area (Å²) in [5.41, 5.74) is 11.7. The Balaban J connectivity index is 2.14. The highest BCUT2D eigenvalue weighted by atomic mass is 32.1. The molecule has 94 valence electrons. The Kier molecular flexibility index (Phi) is 2.13. The molecule has 0 saturated carbocycles. The lowest BCUT2D eigenvalue weighted by atomic mass is 9.97. The third-order valence-corrected chi connectivity index (χ3v) is 4.85. The van der Waals surface area contributed by atoms with E-state index in [0.29, 0.717) is 0 Å². The Labute approximate surface area is 116 Å². The standard InChI is InChI=1S/C16H14N2S/c1-8-4-5-12-13(10(8)3)7-11-6-9(2)15-16(14(11)12)18-19-17-15/h4-6H,7H2,1-3H3. The quantitative estimate of drug-likeness (QED) is 0.477. The van der Waals surface area contributed by atoms with Crippen LogP contribution < -0.4 is 0 Å². The Morgan fingerprint density at radius 3 is 2.63 bits per heavy atom. The number of fused-ring (bicyclic) bond motifs is 5. The van der Waals surface area contributed by atoms with Gasteiger partial charge in [0, 0.05) is 5.56 Å². The zero-order valence-electron chi connectivity index (χ0n) is 11.2. The summed E-state index contributed by atoms with van der Waals surface area (Å²) in [5.74, 6) is 0. The molecule has 2 aromatic carbocycles. The first-order chi connectivity index (χ1) is 9.16. The summed E-state index contributed by atoms with van der Waals surface area (Å²) < 4.78 is 8.97. The molecule has 1 aliphatic carbocycles. The second-order valence-electron chi connectivity index (χ2n) is 5.40. The van der Waals surface area contributed by atoms with Crippen molar-refractivity contribution in [3.63, 3.8) is 0 Å². The molecule has 1 heterocycles. The van der Waals surface area contributed by atoms with E-state index in [1.54, 1.807) is 0 Å². The molecule has 1 aromatic heterocycles. The second kappa shape index (κ2) is 3.64. The molecule has 0 saturated heterocycles. The van der Waals surface area contributed by atoms with E-state index in [9.17, 15) is 0 Å². The van der Waals surface area contributed by atoms with Gasteiger partial charge in [0.2, 0.25) is 0 Å². The van der Waals surface area contributed by atoms with Crippen molar-refractivity contribution in [1.29, 1.82) is 0 Å². The number of hydrogen-bond acceptors (Lipinski definition) is 3. The van der Waals surface area contributed by atoms with Gasteiger partial charge >= 0.3 is 0 Å². The second-order valence-corrected chi connectivity index (χ2v) is 5.93. The first-order valence-corrected chi connectivity index (χ1v) is 7.24. The van der Waals surface area contributed by atoms with Gasteiger partial charge in [-0.15, -0.1) is 0 Å². The van der Waals surface area contributed by atoms with Gasteiger partial charge in [-0.2, -0.15) is 8.75 Å². The molecule has 19 heavy (non-hydrogen) atoms. The fraction of sp³-hybridized carbons (Fsp3) is 0.250. The molecular weight excluding hydrogens is 252 g/mol. The minimum Gasteiger partial charge on any atom is -0.173 e. The van der Waals surface area contributed by atoms with Gasteiger partial charge in [-0.05, 0) is 60.6 Å². The van der Waals surface area contributed by atoms with Crippen LogP contribution >= 0.6 is 11.7 Å². The molecule has 0 N–H and O–H groups in total. The molecule has 0 atom stereocenters. The maximum Gasteiger partial charge on any atom is 0.113 e. The fourth-order valence-electron chi connectivity index (χ4n) is 3.13. The van der Waals surface area contributed by atoms with Crippen molar-refractivity contribution in [2.24, 2.45) is 0 Å². The third-order valence-electron chi connectivity index (χ3n) is 4.32. The summed E-state index contributed by atoms with van der Waals surface area (Å²) in [6, 6.07) is 6.75. The lowest BCUT2D eigenvalue weighted by Crippen LogP contribution is -1.89. The van der Waals surface area contributed by atoms with Crippen molar-refractivity contribution in [2.75, 3.05) is 0 Å². The number of nitrogens with zero attached hydrogens (tertiary/aromatic N) is 2. The van der Waals surface area contributed by atoms with E-state index in [0.717, 1.165) is 17.5 Å². The Morgan fingerprint density at radius 2 is 1.79 bits per heavy atom. The summed E-state index contributed by atoms with van der Waals surface area (Å²) in [6.45, 7) is 6.54. The smallest absolute Gasteiger partial charge is 0.113 e. The van der Waals surface area contributed by atoms with E-state index in [2.05, 4.69) is 47.7 Å². The van der Waals surface area contributed by atoms with Crippen molar-refractivity contribution >= 4 is 22.8 Å². The van der Waals surface area contributed by atoms with Gasteiger partial charge in [-0.3, -0.25) is 0 Å². The molecule has 0 amide bonds. The largest absolute Gasteiger partial charge is 0.173 e. The van der Waals surface area contributed by atoms with Gasteiger partial charge < -0.3 is 0 Å². The van der Waals surface area contributed by atoms with E-state index in [-0.39, 0.29) is 0 Å². The zero-order chi connectivity index (χ0) is 13.1. The van der Waals surface area contributed by atoms with Gasteiger partial charge in [-0.1, -0.05) is 18.2 Å². The number of benzene rings is 2. The monoisotopic (exact) mass is 266 g/mol. The fourth-order valence-corrected chi connectivity index (χ4v) is 3.74. The molecule has 3 aromatic rings. The van der Waals surface area contributed by atoms with Crippen LogP contribution in [0.4, 0.5) is 0 Å². The maximum atomic E-state index is 4.53. The SMILES string of the molecule is Cc1ccc2c(c1C)Cc1cc(C)c3nsnc3c1-2. The first-order valence-electron chi connectivity index (χ1n) is 6.51. The number of aromatic nitrogens is 2. The molecule has 0 fully saturated rings. The predicted octanol–water partition coefficient (Wildman–Crippen LogP) is 4.19. The highest BCUT2D eigenvalue weighted by molar-refractivity contribution is 7.00. The van der Waals surface area contributed by atoms with E-state index in [1.807, 2.05) is 0 Å². The number of hydrogen-bond donors (Lipinski definition) is 0. The van der Waals surface area contributed by atoms with Crippen molar-refractivity contribution in [2.45, 2.75) is 27.2 Å². The van der Waals surface area contributed by atoms with Crippen molar-refractivity contribution < 1.29 is 0 Å². The lowest BCUT2D eigenvalue weighted by Gasteiger charge is -2.07. The Morgan fingerprint density at radius 1 is 1.00 bits per heavy atom. The first kappa shape index (κ1) is 11.1.